The summed E-state index contributed by atoms with van der Waals surface area (Å²) in [6, 6.07) is 17.2. The van der Waals surface area contributed by atoms with Crippen LogP contribution in [0, 0.1) is 0 Å². The number of hydrogen-bond donors (Lipinski definition) is 1. The summed E-state index contributed by atoms with van der Waals surface area (Å²) in [6.07, 6.45) is 0. The molecule has 3 aromatic rings. The van der Waals surface area contributed by atoms with Gasteiger partial charge < -0.3 is 24.6 Å². The summed E-state index contributed by atoms with van der Waals surface area (Å²) in [6.45, 7) is 3.48. The average molecular weight is 398 g/mol. The predicted octanol–water partition coefficient (Wildman–Crippen LogP) is 1.93. The van der Waals surface area contributed by atoms with Crippen molar-refractivity contribution in [1.82, 2.24) is 15.5 Å². The molecule has 28 heavy (non-hydrogen) atoms. The highest BCUT2D eigenvalue weighted by Gasteiger charge is 2.24. The van der Waals surface area contributed by atoms with Crippen molar-refractivity contribution in [2.75, 3.05) is 13.7 Å². The van der Waals surface area contributed by atoms with Gasteiger partial charge in [0, 0.05) is 25.2 Å². The lowest BCUT2D eigenvalue weighted by molar-refractivity contribution is -0.678. The average Bonchev–Trinajstić information content (AvgIpc) is 3.09. The minimum absolute atomic E-state index is 0.259. The van der Waals surface area contributed by atoms with E-state index in [9.17, 15) is 5.11 Å². The van der Waals surface area contributed by atoms with Gasteiger partial charge in [-0.3, -0.25) is 0 Å². The summed E-state index contributed by atoms with van der Waals surface area (Å²) < 4.78 is 11.6. The van der Waals surface area contributed by atoms with Crippen LogP contribution in [0.1, 0.15) is 18.2 Å². The van der Waals surface area contributed by atoms with E-state index < -0.39 is 5.95 Å². The van der Waals surface area contributed by atoms with Crippen molar-refractivity contribution >= 4 is 17.3 Å². The van der Waals surface area contributed by atoms with Gasteiger partial charge in [-0.25, -0.2) is 0 Å². The minimum atomic E-state index is -0.492. The van der Waals surface area contributed by atoms with Crippen molar-refractivity contribution in [2.24, 2.45) is 0 Å². The Labute approximate surface area is 169 Å². The first-order valence-corrected chi connectivity index (χ1v) is 9.32. The molecule has 0 unspecified atom stereocenters. The monoisotopic (exact) mass is 398 g/mol. The first kappa shape index (κ1) is 19.6. The maximum atomic E-state index is 12.3. The van der Waals surface area contributed by atoms with Crippen LogP contribution in [0.4, 0.5) is 0 Å². The molecule has 0 bridgehead atoms. The summed E-state index contributed by atoms with van der Waals surface area (Å²) in [5.74, 6) is 0.226. The smallest absolute Gasteiger partial charge is 0.259 e. The Morgan fingerprint density at radius 1 is 1.18 bits per heavy atom. The predicted molar refractivity (Wildman–Crippen MR) is 106 cm³/mol. The zero-order valence-electron chi connectivity index (χ0n) is 15.8. The molecule has 7 nitrogen and oxygen atoms in total. The van der Waals surface area contributed by atoms with Gasteiger partial charge in [-0.05, 0) is 41.5 Å². The van der Waals surface area contributed by atoms with Gasteiger partial charge in [0.2, 0.25) is 5.69 Å². The second-order valence-corrected chi connectivity index (χ2v) is 6.48. The van der Waals surface area contributed by atoms with Gasteiger partial charge in [0.05, 0.1) is 12.4 Å². The summed E-state index contributed by atoms with van der Waals surface area (Å²) in [4.78, 5) is 1.92. The Hall–Kier alpha value is -3.13. The van der Waals surface area contributed by atoms with Gasteiger partial charge >= 0.3 is 0 Å². The fourth-order valence-corrected chi connectivity index (χ4v) is 3.04. The fraction of sp³-hybridized carbons (Fsp3) is 0.250. The molecule has 2 aromatic carbocycles. The zero-order valence-corrected chi connectivity index (χ0v) is 16.6. The third kappa shape index (κ3) is 4.58. The van der Waals surface area contributed by atoms with Crippen LogP contribution in [0.25, 0.3) is 5.69 Å². The first-order valence-electron chi connectivity index (χ1n) is 8.91. The number of methoxy groups -OCH3 is 1. The van der Waals surface area contributed by atoms with Crippen molar-refractivity contribution in [3.63, 3.8) is 0 Å². The number of hydrogen-bond acceptors (Lipinski definition) is 5. The molecule has 0 aliphatic heterocycles. The van der Waals surface area contributed by atoms with E-state index in [0.717, 1.165) is 11.3 Å². The topological polar surface area (TPSA) is 77.5 Å². The second kappa shape index (κ2) is 9.18. The van der Waals surface area contributed by atoms with Crippen LogP contribution in [-0.2, 0) is 13.1 Å². The molecule has 1 aromatic heterocycles. The summed E-state index contributed by atoms with van der Waals surface area (Å²) >= 11 is 5.52. The Balaban J connectivity index is 1.89. The molecule has 0 spiro atoms. The normalized spacial score (nSPS) is 10.5. The van der Waals surface area contributed by atoms with E-state index in [2.05, 4.69) is 10.6 Å². The van der Waals surface area contributed by atoms with Crippen LogP contribution >= 0.6 is 12.2 Å². The van der Waals surface area contributed by atoms with E-state index in [1.807, 2.05) is 54.3 Å². The largest absolute Gasteiger partial charge is 0.539 e. The molecule has 3 rings (SSSR count). The highest BCUT2D eigenvalue weighted by molar-refractivity contribution is 7.80. The Bertz CT molecular complexity index is 913. The van der Waals surface area contributed by atoms with Crippen LogP contribution < -0.4 is 19.8 Å². The third-order valence-electron chi connectivity index (χ3n) is 4.19. The number of ether oxygens (including phenoxy) is 1. The maximum Gasteiger partial charge on any atom is 0.259 e. The van der Waals surface area contributed by atoms with E-state index in [1.165, 1.54) is 4.68 Å². The molecular weight excluding hydrogens is 376 g/mol. The first-order chi connectivity index (χ1) is 13.6. The van der Waals surface area contributed by atoms with Crippen molar-refractivity contribution in [2.45, 2.75) is 20.0 Å². The molecule has 0 fully saturated rings. The number of nitrogens with zero attached hydrogens (tertiary/aromatic N) is 3. The van der Waals surface area contributed by atoms with Crippen LogP contribution in [0.5, 0.6) is 11.7 Å². The molecule has 1 heterocycles. The number of aromatic nitrogens is 2. The summed E-state index contributed by atoms with van der Waals surface area (Å²) in [5.41, 5.74) is 2.18. The third-order valence-corrected chi connectivity index (χ3v) is 4.59. The number of thiocarbonyl (C=S) groups is 1. The fourth-order valence-electron chi connectivity index (χ4n) is 2.77. The standard InChI is InChI=1S/C20H22N4O3S/c1-3-21-20(28)23(13-15-7-5-4-6-8-15)14-18-19(25)27-22-24(18)16-9-11-17(26-2)12-10-16/h4-12H,3,13-14H2,1-2H3,(H-,21,22,25,28). The number of benzene rings is 2. The van der Waals surface area contributed by atoms with Gasteiger partial charge in [0.1, 0.15) is 12.3 Å². The SMILES string of the molecule is CCNC(=S)N(Cc1ccccc1)Cc1c([O-])on[n+]1-c1ccc(OC)cc1. The zero-order chi connectivity index (χ0) is 19.9. The van der Waals surface area contributed by atoms with Crippen LogP contribution in [-0.4, -0.2) is 28.9 Å². The lowest BCUT2D eigenvalue weighted by Gasteiger charge is -2.24. The van der Waals surface area contributed by atoms with Gasteiger partial charge in [0.25, 0.3) is 5.69 Å². The summed E-state index contributed by atoms with van der Waals surface area (Å²) in [7, 11) is 1.60. The molecule has 0 aliphatic rings. The van der Waals surface area contributed by atoms with Gasteiger partial charge in [-0.2, -0.15) is 0 Å². The Morgan fingerprint density at radius 2 is 1.89 bits per heavy atom. The molecular formula is C20H22N4O3S. The molecule has 0 saturated heterocycles. The van der Waals surface area contributed by atoms with Crippen molar-refractivity contribution < 1.29 is 19.0 Å². The highest BCUT2D eigenvalue weighted by Crippen LogP contribution is 2.17. The lowest BCUT2D eigenvalue weighted by Crippen LogP contribution is -2.44. The van der Waals surface area contributed by atoms with E-state index in [4.69, 9.17) is 21.5 Å². The maximum absolute atomic E-state index is 12.3. The van der Waals surface area contributed by atoms with E-state index in [-0.39, 0.29) is 6.54 Å². The minimum Gasteiger partial charge on any atom is -0.539 e. The lowest BCUT2D eigenvalue weighted by atomic mass is 10.2. The van der Waals surface area contributed by atoms with Crippen molar-refractivity contribution in [3.8, 4) is 17.4 Å². The molecule has 0 amide bonds. The molecule has 8 heteroatoms. The molecule has 146 valence electrons. The number of rotatable bonds is 7. The van der Waals surface area contributed by atoms with Crippen molar-refractivity contribution in [1.29, 1.82) is 0 Å². The van der Waals surface area contributed by atoms with Gasteiger partial charge in [0.15, 0.2) is 11.1 Å². The van der Waals surface area contributed by atoms with Crippen LogP contribution in [0.3, 0.4) is 0 Å². The Kier molecular flexibility index (Phi) is 6.44. The second-order valence-electron chi connectivity index (χ2n) is 6.09. The van der Waals surface area contributed by atoms with E-state index in [1.54, 1.807) is 19.2 Å². The molecule has 0 atom stereocenters. The van der Waals surface area contributed by atoms with Gasteiger partial charge in [-0.1, -0.05) is 30.3 Å². The molecule has 1 N–H and O–H groups in total. The van der Waals surface area contributed by atoms with E-state index in [0.29, 0.717) is 29.6 Å². The molecule has 0 aliphatic carbocycles. The van der Waals surface area contributed by atoms with E-state index >= 15 is 0 Å². The number of nitrogens with one attached hydrogen (secondary N) is 1. The van der Waals surface area contributed by atoms with Crippen LogP contribution in [0.2, 0.25) is 0 Å². The Morgan fingerprint density at radius 3 is 2.54 bits per heavy atom. The summed E-state index contributed by atoms with van der Waals surface area (Å²) in [5, 5.41) is 20.0. The van der Waals surface area contributed by atoms with Crippen LogP contribution in [0.15, 0.2) is 59.1 Å². The van der Waals surface area contributed by atoms with Crippen molar-refractivity contribution in [3.05, 3.63) is 65.9 Å². The van der Waals surface area contributed by atoms with Gasteiger partial charge in [-0.15, -0.1) is 0 Å². The quantitative estimate of drug-likeness (QED) is 0.481. The highest BCUT2D eigenvalue weighted by atomic mass is 32.1. The molecule has 0 saturated carbocycles. The molecule has 0 radical (unpaired) electrons.